The molecule has 0 saturated carbocycles. The molecule has 3 rings (SSSR count). The summed E-state index contributed by atoms with van der Waals surface area (Å²) < 4.78 is 0. The Labute approximate surface area is 140 Å². The van der Waals surface area contributed by atoms with Gasteiger partial charge in [-0.3, -0.25) is 4.79 Å². The maximum absolute atomic E-state index is 11.8. The Morgan fingerprint density at radius 2 is 2.43 bits per heavy atom. The molecule has 1 fully saturated rings. The SMILES string of the molecule is CSCCC(=O)NC1CCN(c2nccc(-c3ccc[nH]3)n2)C1. The van der Waals surface area contributed by atoms with E-state index in [1.54, 1.807) is 18.0 Å². The fraction of sp³-hybridized carbons (Fsp3) is 0.438. The van der Waals surface area contributed by atoms with Gasteiger partial charge in [-0.25, -0.2) is 9.97 Å². The molecule has 122 valence electrons. The summed E-state index contributed by atoms with van der Waals surface area (Å²) in [5, 5.41) is 3.10. The largest absolute Gasteiger partial charge is 0.360 e. The quantitative estimate of drug-likeness (QED) is 0.846. The molecule has 1 saturated heterocycles. The van der Waals surface area contributed by atoms with Crippen LogP contribution in [-0.4, -0.2) is 52.0 Å². The molecule has 23 heavy (non-hydrogen) atoms. The number of aromatic nitrogens is 3. The van der Waals surface area contributed by atoms with Crippen LogP contribution < -0.4 is 10.2 Å². The van der Waals surface area contributed by atoms with E-state index in [0.29, 0.717) is 6.42 Å². The zero-order valence-corrected chi connectivity index (χ0v) is 14.0. The Morgan fingerprint density at radius 3 is 3.22 bits per heavy atom. The van der Waals surface area contributed by atoms with E-state index in [-0.39, 0.29) is 11.9 Å². The lowest BCUT2D eigenvalue weighted by Crippen LogP contribution is -2.37. The van der Waals surface area contributed by atoms with Gasteiger partial charge < -0.3 is 15.2 Å². The van der Waals surface area contributed by atoms with E-state index in [1.807, 2.05) is 30.7 Å². The molecule has 1 aliphatic heterocycles. The van der Waals surface area contributed by atoms with Crippen molar-refractivity contribution in [2.24, 2.45) is 0 Å². The first-order chi connectivity index (χ1) is 11.3. The third-order valence-corrected chi connectivity index (χ3v) is 4.50. The smallest absolute Gasteiger partial charge is 0.225 e. The summed E-state index contributed by atoms with van der Waals surface area (Å²) in [5.41, 5.74) is 1.86. The second-order valence-corrected chi connectivity index (χ2v) is 6.55. The van der Waals surface area contributed by atoms with Gasteiger partial charge in [-0.05, 0) is 30.9 Å². The fourth-order valence-electron chi connectivity index (χ4n) is 2.69. The van der Waals surface area contributed by atoms with Gasteiger partial charge in [0.15, 0.2) is 0 Å². The molecule has 3 heterocycles. The predicted octanol–water partition coefficient (Wildman–Crippen LogP) is 1.92. The summed E-state index contributed by atoms with van der Waals surface area (Å²) in [7, 11) is 0. The molecule has 1 amide bonds. The van der Waals surface area contributed by atoms with Gasteiger partial charge in [-0.1, -0.05) is 0 Å². The van der Waals surface area contributed by atoms with Crippen molar-refractivity contribution >= 4 is 23.6 Å². The van der Waals surface area contributed by atoms with E-state index in [0.717, 1.165) is 42.6 Å². The van der Waals surface area contributed by atoms with Gasteiger partial charge in [0.2, 0.25) is 11.9 Å². The second kappa shape index (κ2) is 7.50. The number of amides is 1. The summed E-state index contributed by atoms with van der Waals surface area (Å²) in [5.74, 6) is 1.72. The van der Waals surface area contributed by atoms with Crippen molar-refractivity contribution < 1.29 is 4.79 Å². The van der Waals surface area contributed by atoms with Crippen LogP contribution in [0.5, 0.6) is 0 Å². The van der Waals surface area contributed by atoms with Gasteiger partial charge in [0.1, 0.15) is 0 Å². The van der Waals surface area contributed by atoms with E-state index in [1.165, 1.54) is 0 Å². The van der Waals surface area contributed by atoms with E-state index in [4.69, 9.17) is 0 Å². The van der Waals surface area contributed by atoms with Gasteiger partial charge in [0.25, 0.3) is 0 Å². The highest BCUT2D eigenvalue weighted by Gasteiger charge is 2.25. The summed E-state index contributed by atoms with van der Waals surface area (Å²) in [6.07, 6.45) is 7.19. The summed E-state index contributed by atoms with van der Waals surface area (Å²) in [6, 6.07) is 6.02. The van der Waals surface area contributed by atoms with Gasteiger partial charge in [-0.15, -0.1) is 0 Å². The third-order valence-electron chi connectivity index (χ3n) is 3.89. The van der Waals surface area contributed by atoms with Crippen molar-refractivity contribution in [3.8, 4) is 11.4 Å². The number of hydrogen-bond acceptors (Lipinski definition) is 5. The number of carbonyl (C=O) groups is 1. The van der Waals surface area contributed by atoms with Crippen molar-refractivity contribution in [2.75, 3.05) is 30.0 Å². The maximum atomic E-state index is 11.8. The lowest BCUT2D eigenvalue weighted by Gasteiger charge is -2.17. The van der Waals surface area contributed by atoms with Crippen molar-refractivity contribution in [3.63, 3.8) is 0 Å². The molecule has 1 aliphatic rings. The topological polar surface area (TPSA) is 73.9 Å². The lowest BCUT2D eigenvalue weighted by molar-refractivity contribution is -0.121. The number of anilines is 1. The molecular weight excluding hydrogens is 310 g/mol. The number of aromatic amines is 1. The Hall–Kier alpha value is -2.02. The van der Waals surface area contributed by atoms with Crippen molar-refractivity contribution in [2.45, 2.75) is 18.9 Å². The number of rotatable bonds is 6. The second-order valence-electron chi connectivity index (χ2n) is 5.57. The van der Waals surface area contributed by atoms with Gasteiger partial charge >= 0.3 is 0 Å². The van der Waals surface area contributed by atoms with Gasteiger partial charge in [-0.2, -0.15) is 11.8 Å². The van der Waals surface area contributed by atoms with E-state index < -0.39 is 0 Å². The Morgan fingerprint density at radius 1 is 1.52 bits per heavy atom. The number of carbonyl (C=O) groups excluding carboxylic acids is 1. The van der Waals surface area contributed by atoms with Crippen LogP contribution in [0.25, 0.3) is 11.4 Å². The first kappa shape index (κ1) is 15.9. The van der Waals surface area contributed by atoms with Crippen LogP contribution in [0, 0.1) is 0 Å². The molecule has 7 heteroatoms. The summed E-state index contributed by atoms with van der Waals surface area (Å²) >= 11 is 1.69. The van der Waals surface area contributed by atoms with Gasteiger partial charge in [0.05, 0.1) is 11.4 Å². The average Bonchev–Trinajstić information content (AvgIpc) is 3.25. The van der Waals surface area contributed by atoms with Crippen molar-refractivity contribution in [3.05, 3.63) is 30.6 Å². The minimum atomic E-state index is 0.132. The van der Waals surface area contributed by atoms with Crippen LogP contribution in [0.4, 0.5) is 5.95 Å². The lowest BCUT2D eigenvalue weighted by atomic mass is 10.2. The van der Waals surface area contributed by atoms with E-state index in [9.17, 15) is 4.79 Å². The van der Waals surface area contributed by atoms with Crippen LogP contribution >= 0.6 is 11.8 Å². The monoisotopic (exact) mass is 331 g/mol. The summed E-state index contributed by atoms with van der Waals surface area (Å²) in [6.45, 7) is 1.63. The number of thioether (sulfide) groups is 1. The molecule has 0 spiro atoms. The molecule has 0 radical (unpaired) electrons. The van der Waals surface area contributed by atoms with Crippen molar-refractivity contribution in [1.82, 2.24) is 20.3 Å². The fourth-order valence-corrected chi connectivity index (χ4v) is 3.08. The molecule has 2 N–H and O–H groups in total. The van der Waals surface area contributed by atoms with E-state index >= 15 is 0 Å². The number of nitrogens with zero attached hydrogens (tertiary/aromatic N) is 3. The third kappa shape index (κ3) is 4.04. The minimum Gasteiger partial charge on any atom is -0.360 e. The average molecular weight is 331 g/mol. The molecule has 1 atom stereocenters. The molecule has 6 nitrogen and oxygen atoms in total. The van der Waals surface area contributed by atoms with Crippen molar-refractivity contribution in [1.29, 1.82) is 0 Å². The first-order valence-electron chi connectivity index (χ1n) is 7.76. The van der Waals surface area contributed by atoms with Crippen LogP contribution in [0.1, 0.15) is 12.8 Å². The Kier molecular flexibility index (Phi) is 5.17. The molecule has 2 aromatic rings. The number of H-pyrrole nitrogens is 1. The standard InChI is InChI=1S/C16H21N5OS/c1-23-10-6-15(22)19-12-5-9-21(11-12)16-18-8-4-14(20-16)13-3-2-7-17-13/h2-4,7-8,12,17H,5-6,9-11H2,1H3,(H,19,22). The highest BCUT2D eigenvalue weighted by Crippen LogP contribution is 2.20. The molecule has 0 aliphatic carbocycles. The Balaban J connectivity index is 1.61. The van der Waals surface area contributed by atoms with Crippen LogP contribution in [-0.2, 0) is 4.79 Å². The minimum absolute atomic E-state index is 0.132. The highest BCUT2D eigenvalue weighted by atomic mass is 32.2. The maximum Gasteiger partial charge on any atom is 0.225 e. The normalized spacial score (nSPS) is 17.4. The number of hydrogen-bond donors (Lipinski definition) is 2. The van der Waals surface area contributed by atoms with Gasteiger partial charge in [0, 0.05) is 43.7 Å². The molecule has 2 aromatic heterocycles. The molecule has 1 unspecified atom stereocenters. The molecular formula is C16H21N5OS. The zero-order chi connectivity index (χ0) is 16.1. The van der Waals surface area contributed by atoms with E-state index in [2.05, 4.69) is 25.2 Å². The van der Waals surface area contributed by atoms with Crippen LogP contribution in [0.15, 0.2) is 30.6 Å². The zero-order valence-electron chi connectivity index (χ0n) is 13.2. The molecule has 0 aromatic carbocycles. The predicted molar refractivity (Wildman–Crippen MR) is 93.6 cm³/mol. The number of nitrogens with one attached hydrogen (secondary N) is 2. The van der Waals surface area contributed by atoms with Crippen LogP contribution in [0.2, 0.25) is 0 Å². The first-order valence-corrected chi connectivity index (χ1v) is 9.15. The summed E-state index contributed by atoms with van der Waals surface area (Å²) in [4.78, 5) is 26.1. The highest BCUT2D eigenvalue weighted by molar-refractivity contribution is 7.98. The van der Waals surface area contributed by atoms with Crippen LogP contribution in [0.3, 0.4) is 0 Å². The Bertz CT molecular complexity index is 646. The molecule has 0 bridgehead atoms.